The summed E-state index contributed by atoms with van der Waals surface area (Å²) in [5.41, 5.74) is 4.50. The van der Waals surface area contributed by atoms with Crippen molar-refractivity contribution in [3.63, 3.8) is 0 Å². The maximum Gasteiger partial charge on any atom is 0.315 e. The number of rotatable bonds is 10. The molecule has 2 rings (SSSR count). The highest BCUT2D eigenvalue weighted by Gasteiger charge is 2.41. The largest absolute Gasteiger partial charge is 0.363 e. The number of nitrogens with one attached hydrogen (secondary N) is 2. The molecule has 0 spiro atoms. The first kappa shape index (κ1) is 37.6. The normalized spacial score (nSPS) is 19.9. The van der Waals surface area contributed by atoms with Crippen LogP contribution in [-0.2, 0) is 19.2 Å². The van der Waals surface area contributed by atoms with E-state index in [4.69, 9.17) is 5.73 Å². The second kappa shape index (κ2) is 15.3. The summed E-state index contributed by atoms with van der Waals surface area (Å²) in [6.45, 7) is 22.7. The van der Waals surface area contributed by atoms with E-state index in [1.165, 1.54) is 26.2 Å². The van der Waals surface area contributed by atoms with Crippen LogP contribution in [0.15, 0.2) is 0 Å². The molecular weight excluding hydrogens is 532 g/mol. The number of urea groups is 1. The van der Waals surface area contributed by atoms with Crippen molar-refractivity contribution in [3.05, 3.63) is 0 Å². The van der Waals surface area contributed by atoms with Crippen molar-refractivity contribution in [2.75, 3.05) is 6.54 Å². The number of ketones is 2. The number of likely N-dealkylation sites (tertiary alicyclic amines) is 1. The van der Waals surface area contributed by atoms with E-state index in [1.54, 1.807) is 11.8 Å². The third kappa shape index (κ3) is 12.4. The number of carbonyl (C=O) groups is 5. The maximum absolute atomic E-state index is 13.3. The van der Waals surface area contributed by atoms with Crippen LogP contribution in [0, 0.1) is 28.1 Å². The van der Waals surface area contributed by atoms with Gasteiger partial charge in [-0.25, -0.2) is 4.79 Å². The fourth-order valence-corrected chi connectivity index (χ4v) is 5.48. The molecule has 2 aliphatic rings. The number of hydrogen-bond acceptors (Lipinski definition) is 5. The minimum atomic E-state index is -0.790. The Labute approximate surface area is 254 Å². The summed E-state index contributed by atoms with van der Waals surface area (Å²) >= 11 is 0. The molecule has 1 saturated heterocycles. The summed E-state index contributed by atoms with van der Waals surface area (Å²) in [6, 6.07) is -1.40. The lowest BCUT2D eigenvalue weighted by Gasteiger charge is -2.37. The van der Waals surface area contributed by atoms with E-state index in [9.17, 15) is 24.0 Å². The van der Waals surface area contributed by atoms with Gasteiger partial charge in [-0.15, -0.1) is 0 Å². The number of carbonyl (C=O) groups excluding carboxylic acids is 5. The van der Waals surface area contributed by atoms with Crippen molar-refractivity contribution in [1.29, 1.82) is 0 Å². The molecule has 0 aromatic heterocycles. The van der Waals surface area contributed by atoms with Crippen molar-refractivity contribution >= 4 is 29.4 Å². The highest BCUT2D eigenvalue weighted by atomic mass is 16.2. The van der Waals surface area contributed by atoms with Gasteiger partial charge in [0, 0.05) is 18.5 Å². The van der Waals surface area contributed by atoms with Crippen LogP contribution in [0.3, 0.4) is 0 Å². The van der Waals surface area contributed by atoms with Crippen LogP contribution >= 0.6 is 0 Å². The molecule has 9 nitrogen and oxygen atoms in total. The Morgan fingerprint density at radius 3 is 1.83 bits per heavy atom. The van der Waals surface area contributed by atoms with Gasteiger partial charge in [-0.1, -0.05) is 88.5 Å². The molecule has 9 heteroatoms. The highest BCUT2D eigenvalue weighted by Crippen LogP contribution is 2.32. The van der Waals surface area contributed by atoms with Crippen LogP contribution in [0.2, 0.25) is 0 Å². The Bertz CT molecular complexity index is 953. The molecule has 1 saturated carbocycles. The Morgan fingerprint density at radius 1 is 0.857 bits per heavy atom. The molecule has 4 atom stereocenters. The second-order valence-electron chi connectivity index (χ2n) is 15.9. The molecule has 0 bridgehead atoms. The predicted octanol–water partition coefficient (Wildman–Crippen LogP) is 5.39. The molecule has 0 aromatic carbocycles. The van der Waals surface area contributed by atoms with Gasteiger partial charge < -0.3 is 21.3 Å². The van der Waals surface area contributed by atoms with E-state index >= 15 is 0 Å². The average Bonchev–Trinajstić information content (AvgIpc) is 3.30. The van der Waals surface area contributed by atoms with Crippen molar-refractivity contribution in [2.24, 2.45) is 33.8 Å². The van der Waals surface area contributed by atoms with Crippen LogP contribution in [0.25, 0.3) is 0 Å². The molecule has 4 amide bonds. The van der Waals surface area contributed by atoms with Gasteiger partial charge in [0.1, 0.15) is 6.04 Å². The molecule has 0 aromatic rings. The topological polar surface area (TPSA) is 139 Å². The van der Waals surface area contributed by atoms with E-state index in [-0.39, 0.29) is 46.6 Å². The lowest BCUT2D eigenvalue weighted by Crippen LogP contribution is -2.59. The monoisotopic (exact) mass is 592 g/mol. The van der Waals surface area contributed by atoms with Gasteiger partial charge in [0.25, 0.3) is 5.91 Å². The third-order valence-corrected chi connectivity index (χ3v) is 8.53. The Balaban J connectivity index is 0.000000609. The Kier molecular flexibility index (Phi) is 13.7. The summed E-state index contributed by atoms with van der Waals surface area (Å²) < 4.78 is 0. The van der Waals surface area contributed by atoms with E-state index in [1.807, 2.05) is 20.8 Å². The van der Waals surface area contributed by atoms with E-state index in [0.29, 0.717) is 18.9 Å². The standard InChI is InChI=1S/C24H45N3O3.C9H15NO2/c1-16(28)17-12-11-15-27(17)20(29)19(24(8,9)10)26-21(30)25-18(23(5,6)7)13-14-22(2,3)4;1-6(8(11)9(10)12)5-7-3-2-4-7/h17-19H,11-15H2,1-10H3,(H2,25,26,30);6-7H,2-5H2,1H3,(H2,10,12). The smallest absolute Gasteiger partial charge is 0.315 e. The molecular formula is C33H60N4O5. The lowest BCUT2D eigenvalue weighted by atomic mass is 9.78. The molecule has 4 N–H and O–H groups in total. The zero-order valence-corrected chi connectivity index (χ0v) is 28.3. The number of nitrogens with zero attached hydrogens (tertiary/aromatic N) is 1. The summed E-state index contributed by atoms with van der Waals surface area (Å²) in [5.74, 6) is -0.884. The number of primary amides is 1. The molecule has 1 aliphatic carbocycles. The van der Waals surface area contributed by atoms with E-state index in [0.717, 1.165) is 25.7 Å². The molecule has 42 heavy (non-hydrogen) atoms. The number of nitrogens with two attached hydrogens (primary N) is 1. The van der Waals surface area contributed by atoms with Crippen LogP contribution in [0.1, 0.15) is 128 Å². The van der Waals surface area contributed by atoms with Gasteiger partial charge >= 0.3 is 6.03 Å². The molecule has 242 valence electrons. The molecule has 1 aliphatic heterocycles. The number of Topliss-reactive ketones (excluding diaryl/α,β-unsaturated/α-hetero) is 2. The fraction of sp³-hybridized carbons (Fsp3) is 0.848. The van der Waals surface area contributed by atoms with E-state index in [2.05, 4.69) is 52.2 Å². The molecule has 1 heterocycles. The highest BCUT2D eigenvalue weighted by molar-refractivity contribution is 6.36. The van der Waals surface area contributed by atoms with Crippen molar-refractivity contribution < 1.29 is 24.0 Å². The third-order valence-electron chi connectivity index (χ3n) is 8.53. The zero-order valence-electron chi connectivity index (χ0n) is 28.3. The quantitative estimate of drug-likeness (QED) is 0.292. The van der Waals surface area contributed by atoms with Gasteiger partial charge in [0.05, 0.1) is 6.04 Å². The lowest BCUT2D eigenvalue weighted by molar-refractivity contribution is -0.140. The molecule has 0 radical (unpaired) electrons. The average molecular weight is 593 g/mol. The van der Waals surface area contributed by atoms with Crippen molar-refractivity contribution in [1.82, 2.24) is 15.5 Å². The van der Waals surface area contributed by atoms with Crippen LogP contribution in [-0.4, -0.2) is 59.0 Å². The minimum Gasteiger partial charge on any atom is -0.363 e. The first-order valence-corrected chi connectivity index (χ1v) is 15.8. The summed E-state index contributed by atoms with van der Waals surface area (Å²) in [7, 11) is 0. The summed E-state index contributed by atoms with van der Waals surface area (Å²) in [6.07, 6.45) is 7.88. The Hall–Kier alpha value is -2.45. The number of amides is 4. The second-order valence-corrected chi connectivity index (χ2v) is 15.9. The van der Waals surface area contributed by atoms with Gasteiger partial charge in [-0.05, 0) is 61.2 Å². The van der Waals surface area contributed by atoms with Crippen molar-refractivity contribution in [2.45, 2.75) is 146 Å². The summed E-state index contributed by atoms with van der Waals surface area (Å²) in [4.78, 5) is 61.4. The van der Waals surface area contributed by atoms with Gasteiger partial charge in [0.15, 0.2) is 5.78 Å². The Morgan fingerprint density at radius 2 is 1.43 bits per heavy atom. The molecule has 4 unspecified atom stereocenters. The maximum atomic E-state index is 13.3. The predicted molar refractivity (Wildman–Crippen MR) is 168 cm³/mol. The number of hydrogen-bond donors (Lipinski definition) is 3. The van der Waals surface area contributed by atoms with Crippen LogP contribution in [0.5, 0.6) is 0 Å². The molecule has 2 fully saturated rings. The minimum absolute atomic E-state index is 0.00735. The first-order chi connectivity index (χ1) is 19.0. The summed E-state index contributed by atoms with van der Waals surface area (Å²) in [5, 5.41) is 6.06. The van der Waals surface area contributed by atoms with Gasteiger partial charge in [-0.2, -0.15) is 0 Å². The van der Waals surface area contributed by atoms with Crippen LogP contribution < -0.4 is 16.4 Å². The fourth-order valence-electron chi connectivity index (χ4n) is 5.48. The van der Waals surface area contributed by atoms with Crippen LogP contribution in [0.4, 0.5) is 4.79 Å². The SMILES string of the molecule is CC(=O)C1CCCN1C(=O)C(NC(=O)NC(CCC(C)(C)C)C(C)(C)C)C(C)(C)C.CC(CC1CCC1)C(=O)C(N)=O. The first-order valence-electron chi connectivity index (χ1n) is 15.8. The van der Waals surface area contributed by atoms with Gasteiger partial charge in [0.2, 0.25) is 11.7 Å². The van der Waals surface area contributed by atoms with E-state index < -0.39 is 23.1 Å². The van der Waals surface area contributed by atoms with Gasteiger partial charge in [-0.3, -0.25) is 19.2 Å². The van der Waals surface area contributed by atoms with Crippen molar-refractivity contribution in [3.8, 4) is 0 Å². The zero-order chi connectivity index (χ0) is 32.6.